The van der Waals surface area contributed by atoms with Gasteiger partial charge in [0.15, 0.2) is 0 Å². The molecule has 1 N–H and O–H groups in total. The Morgan fingerprint density at radius 3 is 2.72 bits per heavy atom. The maximum atomic E-state index is 4.60. The van der Waals surface area contributed by atoms with Crippen molar-refractivity contribution < 1.29 is 0 Å². The van der Waals surface area contributed by atoms with Crippen LogP contribution in [0.3, 0.4) is 0 Å². The summed E-state index contributed by atoms with van der Waals surface area (Å²) in [7, 11) is 2.06. The molecule has 0 radical (unpaired) electrons. The second kappa shape index (κ2) is 5.89. The molecular weight excluding hydrogens is 222 g/mol. The van der Waals surface area contributed by atoms with E-state index in [2.05, 4.69) is 54.0 Å². The first-order valence-corrected chi connectivity index (χ1v) is 6.84. The highest BCUT2D eigenvalue weighted by Crippen LogP contribution is 2.17. The van der Waals surface area contributed by atoms with Crippen LogP contribution in [0, 0.1) is 5.92 Å². The van der Waals surface area contributed by atoms with E-state index in [9.17, 15) is 0 Å². The maximum Gasteiger partial charge on any atom is 0.203 e. The number of fused-ring (bicyclic) bond motifs is 1. The smallest absolute Gasteiger partial charge is 0.203 e. The van der Waals surface area contributed by atoms with Crippen molar-refractivity contribution in [3.63, 3.8) is 0 Å². The normalized spacial score (nSPS) is 11.3. The molecule has 0 aliphatic carbocycles. The van der Waals surface area contributed by atoms with Gasteiger partial charge in [0.25, 0.3) is 0 Å². The minimum atomic E-state index is 0.806. The molecule has 1 aromatic heterocycles. The van der Waals surface area contributed by atoms with Gasteiger partial charge in [-0.3, -0.25) is 0 Å². The largest absolute Gasteiger partial charge is 0.356 e. The van der Waals surface area contributed by atoms with Crippen LogP contribution in [-0.4, -0.2) is 16.1 Å². The number of imidazole rings is 1. The Labute approximate surface area is 109 Å². The van der Waals surface area contributed by atoms with Crippen LogP contribution in [0.2, 0.25) is 0 Å². The summed E-state index contributed by atoms with van der Waals surface area (Å²) in [6, 6.07) is 8.24. The number of nitrogens with one attached hydrogen (secondary N) is 1. The maximum absolute atomic E-state index is 4.60. The van der Waals surface area contributed by atoms with E-state index in [-0.39, 0.29) is 0 Å². The van der Waals surface area contributed by atoms with Gasteiger partial charge in [-0.15, -0.1) is 0 Å². The van der Waals surface area contributed by atoms with E-state index in [1.165, 1.54) is 24.8 Å². The van der Waals surface area contributed by atoms with Crippen molar-refractivity contribution in [2.75, 3.05) is 11.9 Å². The van der Waals surface area contributed by atoms with Crippen LogP contribution in [0.15, 0.2) is 24.3 Å². The third-order valence-electron chi connectivity index (χ3n) is 3.28. The fourth-order valence-electron chi connectivity index (χ4n) is 2.18. The van der Waals surface area contributed by atoms with Crippen molar-refractivity contribution in [3.05, 3.63) is 24.3 Å². The first-order chi connectivity index (χ1) is 8.68. The SMILES string of the molecule is CC(C)CCCCNc1nc2ccccc2n1C. The van der Waals surface area contributed by atoms with E-state index in [0.29, 0.717) is 0 Å². The summed E-state index contributed by atoms with van der Waals surface area (Å²) in [4.78, 5) is 4.60. The van der Waals surface area contributed by atoms with E-state index in [0.717, 1.165) is 23.9 Å². The summed E-state index contributed by atoms with van der Waals surface area (Å²) in [5.41, 5.74) is 2.24. The number of aromatic nitrogens is 2. The highest BCUT2D eigenvalue weighted by atomic mass is 15.2. The van der Waals surface area contributed by atoms with E-state index < -0.39 is 0 Å². The Morgan fingerprint density at radius 1 is 1.22 bits per heavy atom. The highest BCUT2D eigenvalue weighted by molar-refractivity contribution is 5.78. The summed E-state index contributed by atoms with van der Waals surface area (Å²) in [6.45, 7) is 5.56. The molecule has 0 bridgehead atoms. The first-order valence-electron chi connectivity index (χ1n) is 6.84. The zero-order valence-electron chi connectivity index (χ0n) is 11.6. The third kappa shape index (κ3) is 3.03. The van der Waals surface area contributed by atoms with Crippen molar-refractivity contribution in [1.29, 1.82) is 0 Å². The molecule has 0 fully saturated rings. The summed E-state index contributed by atoms with van der Waals surface area (Å²) < 4.78 is 2.12. The zero-order valence-corrected chi connectivity index (χ0v) is 11.6. The Morgan fingerprint density at radius 2 is 2.00 bits per heavy atom. The van der Waals surface area contributed by atoms with Gasteiger partial charge in [0.2, 0.25) is 5.95 Å². The van der Waals surface area contributed by atoms with Crippen LogP contribution in [0.4, 0.5) is 5.95 Å². The van der Waals surface area contributed by atoms with Crippen LogP contribution in [0.1, 0.15) is 33.1 Å². The molecule has 1 aromatic carbocycles. The molecule has 1 heterocycles. The van der Waals surface area contributed by atoms with Gasteiger partial charge in [0.05, 0.1) is 11.0 Å². The van der Waals surface area contributed by atoms with Gasteiger partial charge in [-0.25, -0.2) is 4.98 Å². The van der Waals surface area contributed by atoms with Gasteiger partial charge in [-0.2, -0.15) is 0 Å². The molecule has 18 heavy (non-hydrogen) atoms. The van der Waals surface area contributed by atoms with Gasteiger partial charge < -0.3 is 9.88 Å². The van der Waals surface area contributed by atoms with Crippen LogP contribution < -0.4 is 5.32 Å². The highest BCUT2D eigenvalue weighted by Gasteiger charge is 2.05. The number of nitrogens with zero attached hydrogens (tertiary/aromatic N) is 2. The van der Waals surface area contributed by atoms with Crippen LogP contribution in [-0.2, 0) is 7.05 Å². The molecule has 98 valence electrons. The number of hydrogen-bond donors (Lipinski definition) is 1. The monoisotopic (exact) mass is 245 g/mol. The molecule has 3 heteroatoms. The third-order valence-corrected chi connectivity index (χ3v) is 3.28. The van der Waals surface area contributed by atoms with Crippen molar-refractivity contribution in [2.24, 2.45) is 13.0 Å². The molecule has 3 nitrogen and oxygen atoms in total. The second-order valence-electron chi connectivity index (χ2n) is 5.30. The molecule has 2 aromatic rings. The Kier molecular flexibility index (Phi) is 4.24. The van der Waals surface area contributed by atoms with E-state index in [1.54, 1.807) is 0 Å². The van der Waals surface area contributed by atoms with Crippen LogP contribution in [0.5, 0.6) is 0 Å². The lowest BCUT2D eigenvalue weighted by Gasteiger charge is -2.07. The summed E-state index contributed by atoms with van der Waals surface area (Å²) in [6.07, 6.45) is 3.81. The fraction of sp³-hybridized carbons (Fsp3) is 0.533. The molecule has 0 aliphatic heterocycles. The van der Waals surface area contributed by atoms with Gasteiger partial charge in [-0.05, 0) is 24.5 Å². The molecule has 0 amide bonds. The summed E-state index contributed by atoms with van der Waals surface area (Å²) in [5.74, 6) is 1.78. The van der Waals surface area contributed by atoms with E-state index in [1.807, 2.05) is 6.07 Å². The number of unbranched alkanes of at least 4 members (excludes halogenated alkanes) is 1. The lowest BCUT2D eigenvalue weighted by Crippen LogP contribution is -2.06. The molecular formula is C15H23N3. The average Bonchev–Trinajstić information content (AvgIpc) is 2.66. The number of para-hydroxylation sites is 2. The number of benzene rings is 1. The number of anilines is 1. The predicted molar refractivity (Wildman–Crippen MR) is 77.9 cm³/mol. The van der Waals surface area contributed by atoms with Crippen molar-refractivity contribution in [1.82, 2.24) is 9.55 Å². The molecule has 0 saturated carbocycles. The number of rotatable bonds is 6. The lowest BCUT2D eigenvalue weighted by molar-refractivity contribution is 0.544. The fourth-order valence-corrected chi connectivity index (χ4v) is 2.18. The molecule has 0 aliphatic rings. The molecule has 2 rings (SSSR count). The van der Waals surface area contributed by atoms with Crippen molar-refractivity contribution in [2.45, 2.75) is 33.1 Å². The molecule has 0 unspecified atom stereocenters. The lowest BCUT2D eigenvalue weighted by atomic mass is 10.1. The molecule has 0 atom stereocenters. The summed E-state index contributed by atoms with van der Waals surface area (Å²) >= 11 is 0. The van der Waals surface area contributed by atoms with E-state index in [4.69, 9.17) is 0 Å². The van der Waals surface area contributed by atoms with Gasteiger partial charge >= 0.3 is 0 Å². The number of aryl methyl sites for hydroxylation is 1. The van der Waals surface area contributed by atoms with Crippen molar-refractivity contribution >= 4 is 17.0 Å². The standard InChI is InChI=1S/C15H23N3/c1-12(2)8-6-7-11-16-15-17-13-9-4-5-10-14(13)18(15)3/h4-5,9-10,12H,6-8,11H2,1-3H3,(H,16,17). The molecule has 0 saturated heterocycles. The number of hydrogen-bond acceptors (Lipinski definition) is 2. The Balaban J connectivity index is 1.90. The van der Waals surface area contributed by atoms with Gasteiger partial charge in [-0.1, -0.05) is 38.8 Å². The quantitative estimate of drug-likeness (QED) is 0.784. The zero-order chi connectivity index (χ0) is 13.0. The Bertz CT molecular complexity index is 499. The topological polar surface area (TPSA) is 29.9 Å². The minimum absolute atomic E-state index is 0.806. The van der Waals surface area contributed by atoms with Crippen molar-refractivity contribution in [3.8, 4) is 0 Å². The minimum Gasteiger partial charge on any atom is -0.356 e. The predicted octanol–water partition coefficient (Wildman–Crippen LogP) is 3.81. The van der Waals surface area contributed by atoms with E-state index >= 15 is 0 Å². The van der Waals surface area contributed by atoms with Crippen LogP contribution >= 0.6 is 0 Å². The first kappa shape index (κ1) is 12.9. The Hall–Kier alpha value is -1.51. The van der Waals surface area contributed by atoms with Gasteiger partial charge in [0.1, 0.15) is 0 Å². The second-order valence-corrected chi connectivity index (χ2v) is 5.30. The average molecular weight is 245 g/mol. The van der Waals surface area contributed by atoms with Crippen LogP contribution in [0.25, 0.3) is 11.0 Å². The van der Waals surface area contributed by atoms with Gasteiger partial charge in [0, 0.05) is 13.6 Å². The summed E-state index contributed by atoms with van der Waals surface area (Å²) in [5, 5.41) is 3.43. The molecule has 0 spiro atoms.